The van der Waals surface area contributed by atoms with Gasteiger partial charge >= 0.3 is 0 Å². The summed E-state index contributed by atoms with van der Waals surface area (Å²) in [7, 11) is 0. The van der Waals surface area contributed by atoms with Crippen molar-refractivity contribution < 1.29 is 4.79 Å². The van der Waals surface area contributed by atoms with Crippen molar-refractivity contribution in [3.05, 3.63) is 94.5 Å². The lowest BCUT2D eigenvalue weighted by atomic mass is 10.0. The Bertz CT molecular complexity index is 765. The molecule has 0 saturated heterocycles. The maximum atomic E-state index is 12.4. The lowest BCUT2D eigenvalue weighted by Crippen LogP contribution is -2.01. The van der Waals surface area contributed by atoms with Crippen LogP contribution in [-0.2, 0) is 0 Å². The first-order valence-corrected chi connectivity index (χ1v) is 7.74. The predicted octanol–water partition coefficient (Wildman–Crippen LogP) is 5.42. The normalized spacial score (nSPS) is 10.2. The van der Waals surface area contributed by atoms with Crippen molar-refractivity contribution in [1.82, 2.24) is 0 Å². The van der Waals surface area contributed by atoms with Gasteiger partial charge in [-0.2, -0.15) is 0 Å². The number of anilines is 2. The summed E-state index contributed by atoms with van der Waals surface area (Å²) in [5.41, 5.74) is 3.35. The molecule has 3 heteroatoms. The van der Waals surface area contributed by atoms with Crippen molar-refractivity contribution in [2.24, 2.45) is 0 Å². The molecule has 0 aliphatic carbocycles. The van der Waals surface area contributed by atoms with Crippen molar-refractivity contribution in [3.8, 4) is 0 Å². The number of benzene rings is 3. The number of halogens is 1. The zero-order chi connectivity index (χ0) is 15.4. The molecule has 0 amide bonds. The molecule has 0 aliphatic rings. The first-order valence-electron chi connectivity index (χ1n) is 6.95. The van der Waals surface area contributed by atoms with Gasteiger partial charge in [0, 0.05) is 27.0 Å². The van der Waals surface area contributed by atoms with Gasteiger partial charge in [-0.1, -0.05) is 34.1 Å². The average Bonchev–Trinajstić information content (AvgIpc) is 2.57. The second kappa shape index (κ2) is 6.58. The molecule has 0 bridgehead atoms. The summed E-state index contributed by atoms with van der Waals surface area (Å²) < 4.78 is 0.964. The Kier molecular flexibility index (Phi) is 4.35. The second-order valence-electron chi connectivity index (χ2n) is 4.90. The van der Waals surface area contributed by atoms with Crippen molar-refractivity contribution in [3.63, 3.8) is 0 Å². The first-order chi connectivity index (χ1) is 10.7. The third-order valence-electron chi connectivity index (χ3n) is 3.32. The monoisotopic (exact) mass is 351 g/mol. The van der Waals surface area contributed by atoms with E-state index in [0.29, 0.717) is 11.1 Å². The quantitative estimate of drug-likeness (QED) is 0.635. The van der Waals surface area contributed by atoms with Crippen molar-refractivity contribution in [1.29, 1.82) is 0 Å². The highest BCUT2D eigenvalue weighted by Gasteiger charge is 2.08. The Morgan fingerprint density at radius 3 is 1.77 bits per heavy atom. The van der Waals surface area contributed by atoms with E-state index in [-0.39, 0.29) is 5.78 Å². The summed E-state index contributed by atoms with van der Waals surface area (Å²) >= 11 is 3.37. The molecule has 0 saturated carbocycles. The van der Waals surface area contributed by atoms with Gasteiger partial charge < -0.3 is 5.32 Å². The maximum Gasteiger partial charge on any atom is 0.193 e. The third kappa shape index (κ3) is 3.43. The van der Waals surface area contributed by atoms with Crippen LogP contribution < -0.4 is 5.32 Å². The summed E-state index contributed by atoms with van der Waals surface area (Å²) in [5.74, 6) is 0.0266. The molecule has 0 unspecified atom stereocenters. The first kappa shape index (κ1) is 14.5. The van der Waals surface area contributed by atoms with Gasteiger partial charge in [0.15, 0.2) is 5.78 Å². The summed E-state index contributed by atoms with van der Waals surface area (Å²) in [6, 6.07) is 24.8. The van der Waals surface area contributed by atoms with Gasteiger partial charge in [0.1, 0.15) is 0 Å². The van der Waals surface area contributed by atoms with Gasteiger partial charge in [0.05, 0.1) is 0 Å². The van der Waals surface area contributed by atoms with E-state index in [1.165, 1.54) is 0 Å². The van der Waals surface area contributed by atoms with Crippen molar-refractivity contribution in [2.45, 2.75) is 0 Å². The molecule has 22 heavy (non-hydrogen) atoms. The van der Waals surface area contributed by atoms with Gasteiger partial charge in [-0.3, -0.25) is 4.79 Å². The molecule has 2 nitrogen and oxygen atoms in total. The van der Waals surface area contributed by atoms with E-state index in [2.05, 4.69) is 21.2 Å². The molecule has 0 atom stereocenters. The zero-order valence-electron chi connectivity index (χ0n) is 11.8. The van der Waals surface area contributed by atoms with Crippen LogP contribution in [0.15, 0.2) is 83.3 Å². The minimum atomic E-state index is 0.0266. The number of hydrogen-bond acceptors (Lipinski definition) is 2. The number of carbonyl (C=O) groups is 1. The van der Waals surface area contributed by atoms with Crippen molar-refractivity contribution in [2.75, 3.05) is 5.32 Å². The Morgan fingerprint density at radius 2 is 1.18 bits per heavy atom. The molecular weight excluding hydrogens is 338 g/mol. The van der Waals surface area contributed by atoms with Gasteiger partial charge in [-0.15, -0.1) is 0 Å². The van der Waals surface area contributed by atoms with E-state index in [1.807, 2.05) is 78.9 Å². The van der Waals surface area contributed by atoms with E-state index >= 15 is 0 Å². The standard InChI is InChI=1S/C19H14BrNO/c20-16-10-6-14(7-11-16)19(22)15-8-12-18(13-9-15)21-17-4-2-1-3-5-17/h1-13,21H. The zero-order valence-corrected chi connectivity index (χ0v) is 13.4. The summed E-state index contributed by atoms with van der Waals surface area (Å²) in [4.78, 5) is 12.4. The Labute approximate surface area is 137 Å². The molecule has 3 aromatic carbocycles. The topological polar surface area (TPSA) is 29.1 Å². The van der Waals surface area contributed by atoms with Gasteiger partial charge in [-0.25, -0.2) is 0 Å². The number of ketones is 1. The molecule has 0 aliphatic heterocycles. The molecule has 0 heterocycles. The molecule has 0 radical (unpaired) electrons. The minimum absolute atomic E-state index is 0.0266. The minimum Gasteiger partial charge on any atom is -0.356 e. The van der Waals surface area contributed by atoms with Crippen LogP contribution in [0.3, 0.4) is 0 Å². The lowest BCUT2D eigenvalue weighted by molar-refractivity contribution is 0.103. The smallest absolute Gasteiger partial charge is 0.193 e. The number of para-hydroxylation sites is 1. The summed E-state index contributed by atoms with van der Waals surface area (Å²) in [6.45, 7) is 0. The highest BCUT2D eigenvalue weighted by molar-refractivity contribution is 9.10. The summed E-state index contributed by atoms with van der Waals surface area (Å²) in [5, 5.41) is 3.30. The fraction of sp³-hybridized carbons (Fsp3) is 0. The van der Waals surface area contributed by atoms with E-state index in [4.69, 9.17) is 0 Å². The molecule has 0 aromatic heterocycles. The fourth-order valence-corrected chi connectivity index (χ4v) is 2.43. The molecule has 108 valence electrons. The number of carbonyl (C=O) groups excluding carboxylic acids is 1. The number of hydrogen-bond donors (Lipinski definition) is 1. The van der Waals surface area contributed by atoms with E-state index in [1.54, 1.807) is 0 Å². The van der Waals surface area contributed by atoms with E-state index in [0.717, 1.165) is 15.8 Å². The number of nitrogens with one attached hydrogen (secondary N) is 1. The van der Waals surface area contributed by atoms with Crippen LogP contribution in [0.1, 0.15) is 15.9 Å². The van der Waals surface area contributed by atoms with Gasteiger partial charge in [0.2, 0.25) is 0 Å². The molecular formula is C19H14BrNO. The highest BCUT2D eigenvalue weighted by Crippen LogP contribution is 2.19. The predicted molar refractivity (Wildman–Crippen MR) is 93.7 cm³/mol. The lowest BCUT2D eigenvalue weighted by Gasteiger charge is -2.07. The van der Waals surface area contributed by atoms with Crippen LogP contribution in [0.25, 0.3) is 0 Å². The number of rotatable bonds is 4. The molecule has 3 aromatic rings. The average molecular weight is 352 g/mol. The Hall–Kier alpha value is -2.39. The fourth-order valence-electron chi connectivity index (χ4n) is 2.16. The van der Waals surface area contributed by atoms with Gasteiger partial charge in [0.25, 0.3) is 0 Å². The van der Waals surface area contributed by atoms with Crippen LogP contribution in [0.2, 0.25) is 0 Å². The molecule has 1 N–H and O–H groups in total. The Morgan fingerprint density at radius 1 is 0.682 bits per heavy atom. The SMILES string of the molecule is O=C(c1ccc(Br)cc1)c1ccc(Nc2ccccc2)cc1. The Balaban J connectivity index is 1.76. The van der Waals surface area contributed by atoms with E-state index in [9.17, 15) is 4.79 Å². The van der Waals surface area contributed by atoms with Crippen LogP contribution in [0, 0.1) is 0 Å². The third-order valence-corrected chi connectivity index (χ3v) is 3.84. The van der Waals surface area contributed by atoms with Crippen LogP contribution in [0.5, 0.6) is 0 Å². The van der Waals surface area contributed by atoms with Crippen LogP contribution in [0.4, 0.5) is 11.4 Å². The molecule has 3 rings (SSSR count). The molecule has 0 fully saturated rings. The van der Waals surface area contributed by atoms with Crippen LogP contribution in [-0.4, -0.2) is 5.78 Å². The summed E-state index contributed by atoms with van der Waals surface area (Å²) in [6.07, 6.45) is 0. The van der Waals surface area contributed by atoms with E-state index < -0.39 is 0 Å². The van der Waals surface area contributed by atoms with Gasteiger partial charge in [-0.05, 0) is 60.7 Å². The largest absolute Gasteiger partial charge is 0.356 e. The maximum absolute atomic E-state index is 12.4. The van der Waals surface area contributed by atoms with Crippen LogP contribution >= 0.6 is 15.9 Å². The van der Waals surface area contributed by atoms with Crippen molar-refractivity contribution >= 4 is 33.1 Å². The second-order valence-corrected chi connectivity index (χ2v) is 5.82. The highest BCUT2D eigenvalue weighted by atomic mass is 79.9. The molecule has 0 spiro atoms.